The van der Waals surface area contributed by atoms with Gasteiger partial charge in [-0.25, -0.2) is 4.68 Å². The third-order valence-corrected chi connectivity index (χ3v) is 3.98. The van der Waals surface area contributed by atoms with Gasteiger partial charge in [0, 0.05) is 23.9 Å². The molecule has 0 atom stereocenters. The number of nitrogens with zero attached hydrogens (tertiary/aromatic N) is 3. The van der Waals surface area contributed by atoms with Gasteiger partial charge in [0.25, 0.3) is 11.6 Å². The molecule has 1 heterocycles. The number of rotatable bonds is 6. The molecular weight excluding hydrogens is 354 g/mol. The number of carbonyl (C=O) groups excluding carboxylic acids is 2. The molecule has 10 nitrogen and oxygen atoms in total. The summed E-state index contributed by atoms with van der Waals surface area (Å²) < 4.78 is 1.17. The topological polar surface area (TPSA) is 136 Å². The average molecular weight is 371 g/mol. The summed E-state index contributed by atoms with van der Waals surface area (Å²) in [5.74, 6) is -1.17. The molecule has 1 aromatic heterocycles. The Morgan fingerprint density at radius 2 is 2.04 bits per heavy atom. The molecule has 2 N–H and O–H groups in total. The number of aromatic nitrogens is 2. The highest BCUT2D eigenvalue weighted by Crippen LogP contribution is 2.22. The average Bonchev–Trinajstić information content (AvgIpc) is 3.43. The summed E-state index contributed by atoms with van der Waals surface area (Å²) >= 11 is 0. The Hall–Kier alpha value is -3.56. The lowest BCUT2D eigenvalue weighted by Gasteiger charge is -2.11. The van der Waals surface area contributed by atoms with Gasteiger partial charge >= 0.3 is 0 Å². The lowest BCUT2D eigenvalue weighted by atomic mass is 10.2. The monoisotopic (exact) mass is 371 g/mol. The third kappa shape index (κ3) is 4.17. The van der Waals surface area contributed by atoms with Crippen molar-refractivity contribution in [2.24, 2.45) is 0 Å². The van der Waals surface area contributed by atoms with Crippen molar-refractivity contribution in [1.82, 2.24) is 20.4 Å². The van der Waals surface area contributed by atoms with Gasteiger partial charge in [-0.3, -0.25) is 24.5 Å². The van der Waals surface area contributed by atoms with Gasteiger partial charge in [-0.1, -0.05) is 12.1 Å². The summed E-state index contributed by atoms with van der Waals surface area (Å²) in [4.78, 5) is 46.8. The summed E-state index contributed by atoms with van der Waals surface area (Å²) in [5.41, 5.74) is -0.842. The molecule has 1 aliphatic carbocycles. The number of nitrogens with one attached hydrogen (secondary N) is 2. The highest BCUT2D eigenvalue weighted by Gasteiger charge is 2.24. The summed E-state index contributed by atoms with van der Waals surface area (Å²) in [6, 6.07) is 7.19. The van der Waals surface area contributed by atoms with E-state index in [0.717, 1.165) is 12.8 Å². The number of nitro benzene ring substituents is 1. The molecule has 2 amide bonds. The molecule has 3 rings (SSSR count). The van der Waals surface area contributed by atoms with Crippen LogP contribution in [0.3, 0.4) is 0 Å². The Balaban J connectivity index is 1.88. The molecular formula is C17H17N5O5. The van der Waals surface area contributed by atoms with E-state index in [1.165, 1.54) is 28.9 Å². The zero-order valence-electron chi connectivity index (χ0n) is 14.5. The largest absolute Gasteiger partial charge is 0.352 e. The Morgan fingerprint density at radius 3 is 2.70 bits per heavy atom. The molecule has 0 spiro atoms. The minimum absolute atomic E-state index is 0.125. The maximum absolute atomic E-state index is 12.3. The van der Waals surface area contributed by atoms with Crippen molar-refractivity contribution in [3.63, 3.8) is 0 Å². The second-order valence-corrected chi connectivity index (χ2v) is 6.18. The molecule has 1 aromatic carbocycles. The van der Waals surface area contributed by atoms with Gasteiger partial charge in [0.15, 0.2) is 5.69 Å². The molecule has 0 saturated heterocycles. The predicted molar refractivity (Wildman–Crippen MR) is 94.7 cm³/mol. The van der Waals surface area contributed by atoms with Crippen molar-refractivity contribution in [2.75, 3.05) is 6.54 Å². The van der Waals surface area contributed by atoms with E-state index >= 15 is 0 Å². The van der Waals surface area contributed by atoms with Crippen LogP contribution in [0.4, 0.5) is 5.69 Å². The number of para-hydroxylation sites is 2. The standard InChI is InChI=1S/C17H17N5O5/c1-10-8-14(23)16(17(25)18-9-15(24)19-11-6-7-11)20-21(10)12-4-2-3-5-13(12)22(26)27/h2-5,8,11H,6-7,9H2,1H3,(H,18,25)(H,19,24). The highest BCUT2D eigenvalue weighted by atomic mass is 16.6. The molecule has 0 bridgehead atoms. The van der Waals surface area contributed by atoms with Crippen molar-refractivity contribution in [3.8, 4) is 5.69 Å². The third-order valence-electron chi connectivity index (χ3n) is 3.98. The summed E-state index contributed by atoms with van der Waals surface area (Å²) in [6.45, 7) is 1.27. The smallest absolute Gasteiger partial charge is 0.294 e. The quantitative estimate of drug-likeness (QED) is 0.559. The van der Waals surface area contributed by atoms with Crippen LogP contribution in [-0.4, -0.2) is 39.1 Å². The molecule has 1 aliphatic rings. The van der Waals surface area contributed by atoms with Crippen molar-refractivity contribution in [2.45, 2.75) is 25.8 Å². The lowest BCUT2D eigenvalue weighted by Crippen LogP contribution is -2.40. The number of benzene rings is 1. The molecule has 140 valence electrons. The highest BCUT2D eigenvalue weighted by molar-refractivity contribution is 5.94. The Bertz CT molecular complexity index is 980. The fraction of sp³-hybridized carbons (Fsp3) is 0.294. The van der Waals surface area contributed by atoms with E-state index in [9.17, 15) is 24.5 Å². The van der Waals surface area contributed by atoms with Crippen LogP contribution < -0.4 is 16.1 Å². The first-order valence-electron chi connectivity index (χ1n) is 8.29. The molecule has 0 radical (unpaired) electrons. The van der Waals surface area contributed by atoms with Crippen LogP contribution in [0.2, 0.25) is 0 Å². The van der Waals surface area contributed by atoms with Gasteiger partial charge < -0.3 is 10.6 Å². The summed E-state index contributed by atoms with van der Waals surface area (Å²) in [6.07, 6.45) is 1.83. The van der Waals surface area contributed by atoms with E-state index in [1.54, 1.807) is 13.0 Å². The molecule has 1 saturated carbocycles. The Kier molecular flexibility index (Phi) is 4.97. The normalized spacial score (nSPS) is 13.1. The zero-order chi connectivity index (χ0) is 19.6. The number of hydrogen-bond acceptors (Lipinski definition) is 6. The first-order chi connectivity index (χ1) is 12.9. The van der Waals surface area contributed by atoms with E-state index in [2.05, 4.69) is 15.7 Å². The second-order valence-electron chi connectivity index (χ2n) is 6.18. The maximum atomic E-state index is 12.3. The SMILES string of the molecule is Cc1cc(=O)c(C(=O)NCC(=O)NC2CC2)nn1-c1ccccc1[N+](=O)[O-]. The molecule has 1 fully saturated rings. The van der Waals surface area contributed by atoms with Gasteiger partial charge in [-0.2, -0.15) is 5.10 Å². The predicted octanol–water partition coefficient (Wildman–Crippen LogP) is 0.458. The van der Waals surface area contributed by atoms with Crippen LogP contribution in [0.15, 0.2) is 35.1 Å². The van der Waals surface area contributed by atoms with E-state index in [1.807, 2.05) is 0 Å². The fourth-order valence-electron chi connectivity index (χ4n) is 2.50. The van der Waals surface area contributed by atoms with E-state index < -0.39 is 22.0 Å². The van der Waals surface area contributed by atoms with Crippen LogP contribution in [-0.2, 0) is 4.79 Å². The van der Waals surface area contributed by atoms with E-state index in [-0.39, 0.29) is 29.9 Å². The van der Waals surface area contributed by atoms with Gasteiger partial charge in [-0.05, 0) is 25.8 Å². The van der Waals surface area contributed by atoms with Crippen molar-refractivity contribution in [3.05, 3.63) is 62.1 Å². The number of nitro groups is 1. The van der Waals surface area contributed by atoms with E-state index in [0.29, 0.717) is 5.69 Å². The van der Waals surface area contributed by atoms with Crippen LogP contribution >= 0.6 is 0 Å². The van der Waals surface area contributed by atoms with Crippen LogP contribution in [0.25, 0.3) is 5.69 Å². The van der Waals surface area contributed by atoms with Crippen LogP contribution in [0.1, 0.15) is 29.0 Å². The van der Waals surface area contributed by atoms with Crippen molar-refractivity contribution >= 4 is 17.5 Å². The fourth-order valence-corrected chi connectivity index (χ4v) is 2.50. The van der Waals surface area contributed by atoms with Crippen LogP contribution in [0, 0.1) is 17.0 Å². The number of carbonyl (C=O) groups is 2. The minimum atomic E-state index is -0.821. The lowest BCUT2D eigenvalue weighted by molar-refractivity contribution is -0.384. The molecule has 0 aliphatic heterocycles. The summed E-state index contributed by atoms with van der Waals surface area (Å²) in [5, 5.41) is 20.3. The van der Waals surface area contributed by atoms with Gasteiger partial charge in [0.1, 0.15) is 5.69 Å². The second kappa shape index (κ2) is 7.36. The number of amides is 2. The van der Waals surface area contributed by atoms with Crippen LogP contribution in [0.5, 0.6) is 0 Å². The number of aryl methyl sites for hydroxylation is 1. The van der Waals surface area contributed by atoms with Crippen molar-refractivity contribution < 1.29 is 14.5 Å². The molecule has 10 heteroatoms. The van der Waals surface area contributed by atoms with Crippen molar-refractivity contribution in [1.29, 1.82) is 0 Å². The number of hydrogen-bond donors (Lipinski definition) is 2. The zero-order valence-corrected chi connectivity index (χ0v) is 14.5. The molecule has 0 unspecified atom stereocenters. The van der Waals surface area contributed by atoms with Gasteiger partial charge in [0.05, 0.1) is 11.5 Å². The minimum Gasteiger partial charge on any atom is -0.352 e. The van der Waals surface area contributed by atoms with Gasteiger partial charge in [0.2, 0.25) is 11.3 Å². The van der Waals surface area contributed by atoms with E-state index in [4.69, 9.17) is 0 Å². The van der Waals surface area contributed by atoms with Gasteiger partial charge in [-0.15, -0.1) is 0 Å². The Labute approximate surface area is 153 Å². The summed E-state index contributed by atoms with van der Waals surface area (Å²) in [7, 11) is 0. The Morgan fingerprint density at radius 1 is 1.33 bits per heavy atom. The first-order valence-corrected chi connectivity index (χ1v) is 8.29. The maximum Gasteiger partial charge on any atom is 0.294 e. The molecule has 27 heavy (non-hydrogen) atoms. The first kappa shape index (κ1) is 18.2. The molecule has 2 aromatic rings.